The zero-order chi connectivity index (χ0) is 16.3. The zero-order valence-electron chi connectivity index (χ0n) is 13.1. The van der Waals surface area contributed by atoms with Gasteiger partial charge in [-0.1, -0.05) is 41.4 Å². The molecule has 120 valence electrons. The van der Waals surface area contributed by atoms with Gasteiger partial charge in [0.2, 0.25) is 0 Å². The molecule has 3 rings (SSSR count). The predicted molar refractivity (Wildman–Crippen MR) is 92.0 cm³/mol. The van der Waals surface area contributed by atoms with Crippen LogP contribution < -0.4 is 10.1 Å². The molecule has 2 aromatic rings. The van der Waals surface area contributed by atoms with Crippen LogP contribution in [0.5, 0.6) is 5.75 Å². The Hall–Kier alpha value is -2.00. The monoisotopic (exact) mass is 329 g/mol. The molecule has 0 spiro atoms. The number of nitrogens with one attached hydrogen (secondary N) is 1. The summed E-state index contributed by atoms with van der Waals surface area (Å²) in [5.41, 5.74) is 2.48. The van der Waals surface area contributed by atoms with Crippen molar-refractivity contribution in [3.05, 3.63) is 64.7 Å². The third-order valence-corrected chi connectivity index (χ3v) is 4.58. The lowest BCUT2D eigenvalue weighted by Crippen LogP contribution is -2.35. The normalized spacial score (nSPS) is 15.0. The van der Waals surface area contributed by atoms with Crippen molar-refractivity contribution in [2.24, 2.45) is 0 Å². The maximum atomic E-state index is 12.0. The van der Waals surface area contributed by atoms with Gasteiger partial charge in [-0.2, -0.15) is 0 Å². The Morgan fingerprint density at radius 2 is 1.78 bits per heavy atom. The Kier molecular flexibility index (Phi) is 4.58. The average molecular weight is 330 g/mol. The van der Waals surface area contributed by atoms with Gasteiger partial charge in [0.05, 0.1) is 0 Å². The fourth-order valence-corrected chi connectivity index (χ4v) is 2.75. The molecule has 0 aliphatic heterocycles. The summed E-state index contributed by atoms with van der Waals surface area (Å²) in [5.74, 6) is 0.621. The molecule has 23 heavy (non-hydrogen) atoms. The van der Waals surface area contributed by atoms with E-state index in [9.17, 15) is 4.79 Å². The van der Waals surface area contributed by atoms with Crippen molar-refractivity contribution in [1.82, 2.24) is 5.32 Å². The lowest BCUT2D eigenvalue weighted by atomic mass is 9.96. The highest BCUT2D eigenvalue weighted by atomic mass is 35.5. The van der Waals surface area contributed by atoms with Gasteiger partial charge in [0.25, 0.3) is 5.91 Å². The van der Waals surface area contributed by atoms with Crippen LogP contribution in [0, 0.1) is 6.92 Å². The van der Waals surface area contributed by atoms with E-state index in [2.05, 4.69) is 5.32 Å². The molecule has 4 heteroatoms. The Labute approximate surface area is 141 Å². The molecule has 3 nitrogen and oxygen atoms in total. The molecule has 1 N–H and O–H groups in total. The maximum Gasteiger partial charge on any atom is 0.257 e. The number of halogens is 1. The highest BCUT2D eigenvalue weighted by Gasteiger charge is 2.44. The molecule has 1 saturated carbocycles. The summed E-state index contributed by atoms with van der Waals surface area (Å²) >= 11 is 5.93. The molecule has 0 aromatic heterocycles. The molecule has 1 fully saturated rings. The third-order valence-electron chi connectivity index (χ3n) is 4.33. The first kappa shape index (κ1) is 15.9. The first-order valence-electron chi connectivity index (χ1n) is 7.80. The van der Waals surface area contributed by atoms with Crippen LogP contribution in [0.2, 0.25) is 5.02 Å². The molecular formula is C19H20ClNO2. The lowest BCUT2D eigenvalue weighted by Gasteiger charge is -2.17. The number of benzene rings is 2. The second-order valence-corrected chi connectivity index (χ2v) is 6.60. The smallest absolute Gasteiger partial charge is 0.257 e. The van der Waals surface area contributed by atoms with Crippen LogP contribution in [0.25, 0.3) is 0 Å². The molecule has 0 unspecified atom stereocenters. The number of hydrogen-bond acceptors (Lipinski definition) is 2. The number of ether oxygens (including phenoxy) is 1. The minimum atomic E-state index is -0.0918. The van der Waals surface area contributed by atoms with E-state index in [1.807, 2.05) is 55.5 Å². The van der Waals surface area contributed by atoms with Crippen LogP contribution in [0.4, 0.5) is 0 Å². The zero-order valence-corrected chi connectivity index (χ0v) is 13.9. The van der Waals surface area contributed by atoms with Crippen LogP contribution in [-0.4, -0.2) is 19.1 Å². The number of hydrogen-bond donors (Lipinski definition) is 1. The summed E-state index contributed by atoms with van der Waals surface area (Å²) in [6.45, 7) is 2.70. The van der Waals surface area contributed by atoms with Gasteiger partial charge in [0.15, 0.2) is 6.61 Å². The molecule has 2 aromatic carbocycles. The van der Waals surface area contributed by atoms with Gasteiger partial charge in [-0.3, -0.25) is 4.79 Å². The van der Waals surface area contributed by atoms with Gasteiger partial charge in [0.1, 0.15) is 5.75 Å². The molecule has 1 aliphatic rings. The molecule has 0 bridgehead atoms. The standard InChI is InChI=1S/C19H20ClNO2/c1-14-2-8-17(9-3-14)23-12-18(22)21-13-19(10-11-19)15-4-6-16(20)7-5-15/h2-9H,10-13H2,1H3,(H,21,22). The largest absolute Gasteiger partial charge is 0.484 e. The van der Waals surface area contributed by atoms with Gasteiger partial charge < -0.3 is 10.1 Å². The van der Waals surface area contributed by atoms with Gasteiger partial charge >= 0.3 is 0 Å². The highest BCUT2D eigenvalue weighted by Crippen LogP contribution is 2.47. The molecule has 0 atom stereocenters. The summed E-state index contributed by atoms with van der Waals surface area (Å²) in [7, 11) is 0. The van der Waals surface area contributed by atoms with Crippen LogP contribution in [0.3, 0.4) is 0 Å². The molecule has 1 aliphatic carbocycles. The number of amides is 1. The van der Waals surface area contributed by atoms with Gasteiger partial charge in [-0.15, -0.1) is 0 Å². The van der Waals surface area contributed by atoms with E-state index in [4.69, 9.17) is 16.3 Å². The average Bonchev–Trinajstić information content (AvgIpc) is 3.34. The minimum absolute atomic E-state index is 0.0414. The first-order chi connectivity index (χ1) is 11.1. The van der Waals surface area contributed by atoms with Crippen LogP contribution in [-0.2, 0) is 10.2 Å². The fraction of sp³-hybridized carbons (Fsp3) is 0.316. The second kappa shape index (κ2) is 6.63. The van der Waals surface area contributed by atoms with Crippen molar-refractivity contribution in [2.75, 3.05) is 13.2 Å². The van der Waals surface area contributed by atoms with Crippen LogP contribution >= 0.6 is 11.6 Å². The Bertz CT molecular complexity index is 676. The number of rotatable bonds is 6. The van der Waals surface area contributed by atoms with Crippen molar-refractivity contribution in [3.8, 4) is 5.75 Å². The minimum Gasteiger partial charge on any atom is -0.484 e. The third kappa shape index (κ3) is 4.05. The number of carbonyl (C=O) groups excluding carboxylic acids is 1. The summed E-state index contributed by atoms with van der Waals surface area (Å²) in [6, 6.07) is 15.6. The maximum absolute atomic E-state index is 12.0. The summed E-state index contributed by atoms with van der Waals surface area (Å²) in [4.78, 5) is 12.0. The summed E-state index contributed by atoms with van der Waals surface area (Å²) < 4.78 is 5.50. The summed E-state index contributed by atoms with van der Waals surface area (Å²) in [6.07, 6.45) is 2.18. The lowest BCUT2D eigenvalue weighted by molar-refractivity contribution is -0.123. The summed E-state index contributed by atoms with van der Waals surface area (Å²) in [5, 5.41) is 3.72. The van der Waals surface area contributed by atoms with Crippen molar-refractivity contribution in [1.29, 1.82) is 0 Å². The van der Waals surface area contributed by atoms with Crippen molar-refractivity contribution < 1.29 is 9.53 Å². The molecule has 1 amide bonds. The molecule has 0 heterocycles. The number of aryl methyl sites for hydroxylation is 1. The predicted octanol–water partition coefficient (Wildman–Crippen LogP) is 3.88. The van der Waals surface area contributed by atoms with Crippen LogP contribution in [0.15, 0.2) is 48.5 Å². The van der Waals surface area contributed by atoms with Crippen molar-refractivity contribution in [2.45, 2.75) is 25.2 Å². The van der Waals surface area contributed by atoms with E-state index in [-0.39, 0.29) is 17.9 Å². The van der Waals surface area contributed by atoms with E-state index in [1.54, 1.807) is 0 Å². The second-order valence-electron chi connectivity index (χ2n) is 6.17. The molecule has 0 saturated heterocycles. The first-order valence-corrected chi connectivity index (χ1v) is 8.17. The molecular weight excluding hydrogens is 310 g/mol. The van der Waals surface area contributed by atoms with Gasteiger partial charge in [-0.25, -0.2) is 0 Å². The van der Waals surface area contributed by atoms with Gasteiger partial charge in [-0.05, 0) is 49.6 Å². The van der Waals surface area contributed by atoms with E-state index >= 15 is 0 Å². The van der Waals surface area contributed by atoms with E-state index in [0.29, 0.717) is 12.3 Å². The van der Waals surface area contributed by atoms with Crippen molar-refractivity contribution >= 4 is 17.5 Å². The Balaban J connectivity index is 1.49. The fourth-order valence-electron chi connectivity index (χ4n) is 2.62. The van der Waals surface area contributed by atoms with Crippen molar-refractivity contribution in [3.63, 3.8) is 0 Å². The highest BCUT2D eigenvalue weighted by molar-refractivity contribution is 6.30. The van der Waals surface area contributed by atoms with E-state index in [0.717, 1.165) is 17.9 Å². The Morgan fingerprint density at radius 3 is 2.39 bits per heavy atom. The van der Waals surface area contributed by atoms with E-state index < -0.39 is 0 Å². The van der Waals surface area contributed by atoms with Gasteiger partial charge in [0, 0.05) is 17.0 Å². The molecule has 0 radical (unpaired) electrons. The van der Waals surface area contributed by atoms with E-state index in [1.165, 1.54) is 11.1 Å². The SMILES string of the molecule is Cc1ccc(OCC(=O)NCC2(c3ccc(Cl)cc3)CC2)cc1. The quantitative estimate of drug-likeness (QED) is 0.873. The topological polar surface area (TPSA) is 38.3 Å². The Morgan fingerprint density at radius 1 is 1.13 bits per heavy atom. The number of carbonyl (C=O) groups is 1. The van der Waals surface area contributed by atoms with Crippen LogP contribution in [0.1, 0.15) is 24.0 Å².